The van der Waals surface area contributed by atoms with Gasteiger partial charge >= 0.3 is 0 Å². The molecule has 1 aliphatic carbocycles. The normalized spacial score (nSPS) is 25.3. The average Bonchev–Trinajstić information content (AvgIpc) is 2.45. The lowest BCUT2D eigenvalue weighted by Crippen LogP contribution is -2.48. The van der Waals surface area contributed by atoms with Crippen molar-refractivity contribution in [2.24, 2.45) is 5.73 Å². The Bertz CT molecular complexity index is 451. The van der Waals surface area contributed by atoms with Gasteiger partial charge in [-0.2, -0.15) is 0 Å². The van der Waals surface area contributed by atoms with Gasteiger partial charge in [0.2, 0.25) is 0 Å². The van der Waals surface area contributed by atoms with E-state index in [0.29, 0.717) is 6.10 Å². The molecule has 1 aliphatic heterocycles. The molecule has 2 aliphatic rings. The van der Waals surface area contributed by atoms with Gasteiger partial charge in [0.25, 0.3) is 0 Å². The standard InChI is InChI=1S/C18H27NO2/c1-14(19)3-4-15-5-7-16(8-6-15)21-17-9-12-20-18(13-17)10-2-11-18/h5-8,14,17H,2-4,9-13,19H2,1H3. The van der Waals surface area contributed by atoms with Crippen molar-refractivity contribution < 1.29 is 9.47 Å². The van der Waals surface area contributed by atoms with Crippen LogP contribution in [-0.2, 0) is 11.2 Å². The fourth-order valence-corrected chi connectivity index (χ4v) is 3.32. The lowest BCUT2D eigenvalue weighted by Gasteiger charge is -2.46. The van der Waals surface area contributed by atoms with Crippen LogP contribution in [0.1, 0.15) is 51.0 Å². The Balaban J connectivity index is 1.52. The van der Waals surface area contributed by atoms with Crippen LogP contribution in [0.2, 0.25) is 0 Å². The summed E-state index contributed by atoms with van der Waals surface area (Å²) in [5, 5.41) is 0. The van der Waals surface area contributed by atoms with E-state index in [4.69, 9.17) is 15.2 Å². The highest BCUT2D eigenvalue weighted by Crippen LogP contribution is 2.43. The fraction of sp³-hybridized carbons (Fsp3) is 0.667. The highest BCUT2D eigenvalue weighted by molar-refractivity contribution is 5.27. The topological polar surface area (TPSA) is 44.5 Å². The summed E-state index contributed by atoms with van der Waals surface area (Å²) >= 11 is 0. The predicted octanol–water partition coefficient (Wildman–Crippen LogP) is 3.45. The van der Waals surface area contributed by atoms with E-state index in [1.54, 1.807) is 0 Å². The first-order valence-electron chi connectivity index (χ1n) is 8.30. The maximum absolute atomic E-state index is 6.16. The number of aryl methyl sites for hydroxylation is 1. The third-order valence-corrected chi connectivity index (χ3v) is 4.83. The Morgan fingerprint density at radius 3 is 2.71 bits per heavy atom. The largest absolute Gasteiger partial charge is 0.490 e. The zero-order valence-electron chi connectivity index (χ0n) is 13.0. The Kier molecular flexibility index (Phi) is 4.51. The molecule has 1 saturated carbocycles. The van der Waals surface area contributed by atoms with Crippen molar-refractivity contribution in [2.45, 2.75) is 69.6 Å². The summed E-state index contributed by atoms with van der Waals surface area (Å²) in [6, 6.07) is 8.78. The average molecular weight is 289 g/mol. The van der Waals surface area contributed by atoms with Gasteiger partial charge in [0.05, 0.1) is 12.2 Å². The second-order valence-electron chi connectivity index (χ2n) is 6.78. The number of hydrogen-bond donors (Lipinski definition) is 1. The maximum Gasteiger partial charge on any atom is 0.119 e. The number of rotatable bonds is 5. The molecule has 2 fully saturated rings. The molecular formula is C18H27NO2. The summed E-state index contributed by atoms with van der Waals surface area (Å²) in [5.41, 5.74) is 7.29. The van der Waals surface area contributed by atoms with Gasteiger partial charge in [0.1, 0.15) is 11.9 Å². The highest BCUT2D eigenvalue weighted by atomic mass is 16.5. The molecule has 0 amide bonds. The quantitative estimate of drug-likeness (QED) is 0.903. The number of nitrogens with two attached hydrogens (primary N) is 1. The van der Waals surface area contributed by atoms with Crippen LogP contribution in [-0.4, -0.2) is 24.4 Å². The number of benzene rings is 1. The molecule has 2 atom stereocenters. The smallest absolute Gasteiger partial charge is 0.119 e. The molecule has 1 saturated heterocycles. The molecule has 3 rings (SSSR count). The molecule has 0 radical (unpaired) electrons. The molecule has 0 bridgehead atoms. The van der Waals surface area contributed by atoms with Gasteiger partial charge in [-0.3, -0.25) is 0 Å². The zero-order valence-corrected chi connectivity index (χ0v) is 13.0. The Morgan fingerprint density at radius 2 is 2.10 bits per heavy atom. The SMILES string of the molecule is CC(N)CCc1ccc(OC2CCOC3(CCC3)C2)cc1. The summed E-state index contributed by atoms with van der Waals surface area (Å²) in [7, 11) is 0. The van der Waals surface area contributed by atoms with Crippen molar-refractivity contribution in [3.05, 3.63) is 29.8 Å². The molecule has 1 aromatic rings. The second-order valence-corrected chi connectivity index (χ2v) is 6.78. The molecule has 1 aromatic carbocycles. The van der Waals surface area contributed by atoms with Gasteiger partial charge < -0.3 is 15.2 Å². The van der Waals surface area contributed by atoms with Crippen LogP contribution in [0.5, 0.6) is 5.75 Å². The van der Waals surface area contributed by atoms with E-state index in [1.165, 1.54) is 24.8 Å². The van der Waals surface area contributed by atoms with Crippen molar-refractivity contribution in [1.29, 1.82) is 0 Å². The van der Waals surface area contributed by atoms with Gasteiger partial charge in [-0.25, -0.2) is 0 Å². The lowest BCUT2D eigenvalue weighted by molar-refractivity contribution is -0.153. The fourth-order valence-electron chi connectivity index (χ4n) is 3.32. The molecule has 2 N–H and O–H groups in total. The van der Waals surface area contributed by atoms with E-state index >= 15 is 0 Å². The van der Waals surface area contributed by atoms with Crippen LogP contribution in [0.25, 0.3) is 0 Å². The van der Waals surface area contributed by atoms with E-state index in [-0.39, 0.29) is 11.6 Å². The molecule has 1 spiro atoms. The van der Waals surface area contributed by atoms with Crippen molar-refractivity contribution in [3.8, 4) is 5.75 Å². The molecule has 116 valence electrons. The number of ether oxygens (including phenoxy) is 2. The van der Waals surface area contributed by atoms with Crippen LogP contribution in [0.4, 0.5) is 0 Å². The highest BCUT2D eigenvalue weighted by Gasteiger charge is 2.43. The summed E-state index contributed by atoms with van der Waals surface area (Å²) in [6.07, 6.45) is 8.18. The Morgan fingerprint density at radius 1 is 1.33 bits per heavy atom. The van der Waals surface area contributed by atoms with Crippen molar-refractivity contribution >= 4 is 0 Å². The first-order chi connectivity index (χ1) is 10.2. The van der Waals surface area contributed by atoms with E-state index < -0.39 is 0 Å². The molecule has 2 unspecified atom stereocenters. The maximum atomic E-state index is 6.16. The number of hydrogen-bond acceptors (Lipinski definition) is 3. The molecule has 0 aromatic heterocycles. The van der Waals surface area contributed by atoms with Crippen LogP contribution in [0, 0.1) is 0 Å². The second kappa shape index (κ2) is 6.37. The molecular weight excluding hydrogens is 262 g/mol. The van der Waals surface area contributed by atoms with Gasteiger partial charge in [0, 0.05) is 18.9 Å². The molecule has 21 heavy (non-hydrogen) atoms. The van der Waals surface area contributed by atoms with E-state index in [0.717, 1.165) is 38.0 Å². The Hall–Kier alpha value is -1.06. The van der Waals surface area contributed by atoms with Gasteiger partial charge in [-0.1, -0.05) is 12.1 Å². The predicted molar refractivity (Wildman–Crippen MR) is 84.6 cm³/mol. The molecule has 3 nitrogen and oxygen atoms in total. The third kappa shape index (κ3) is 3.78. The first kappa shape index (κ1) is 14.9. The van der Waals surface area contributed by atoms with Crippen LogP contribution < -0.4 is 10.5 Å². The Labute approximate surface area is 127 Å². The summed E-state index contributed by atoms with van der Waals surface area (Å²) in [4.78, 5) is 0. The molecule has 1 heterocycles. The van der Waals surface area contributed by atoms with Gasteiger partial charge in [-0.15, -0.1) is 0 Å². The van der Waals surface area contributed by atoms with Crippen LogP contribution >= 0.6 is 0 Å². The zero-order chi connectivity index (χ0) is 14.7. The van der Waals surface area contributed by atoms with Gasteiger partial charge in [-0.05, 0) is 56.7 Å². The van der Waals surface area contributed by atoms with Crippen molar-refractivity contribution in [3.63, 3.8) is 0 Å². The summed E-state index contributed by atoms with van der Waals surface area (Å²) in [6.45, 7) is 2.90. The van der Waals surface area contributed by atoms with E-state index in [9.17, 15) is 0 Å². The summed E-state index contributed by atoms with van der Waals surface area (Å²) < 4.78 is 12.1. The van der Waals surface area contributed by atoms with E-state index in [1.807, 2.05) is 0 Å². The monoisotopic (exact) mass is 289 g/mol. The van der Waals surface area contributed by atoms with Gasteiger partial charge in [0.15, 0.2) is 0 Å². The first-order valence-corrected chi connectivity index (χ1v) is 8.30. The summed E-state index contributed by atoms with van der Waals surface area (Å²) in [5.74, 6) is 0.987. The van der Waals surface area contributed by atoms with Crippen molar-refractivity contribution in [1.82, 2.24) is 0 Å². The van der Waals surface area contributed by atoms with Crippen LogP contribution in [0.3, 0.4) is 0 Å². The minimum atomic E-state index is 0.153. The lowest BCUT2D eigenvalue weighted by atomic mass is 9.74. The van der Waals surface area contributed by atoms with Crippen LogP contribution in [0.15, 0.2) is 24.3 Å². The molecule has 3 heteroatoms. The van der Waals surface area contributed by atoms with E-state index in [2.05, 4.69) is 31.2 Å². The third-order valence-electron chi connectivity index (χ3n) is 4.83. The minimum absolute atomic E-state index is 0.153. The minimum Gasteiger partial charge on any atom is -0.490 e. The van der Waals surface area contributed by atoms with Crippen molar-refractivity contribution in [2.75, 3.05) is 6.61 Å².